The number of halogens is 1. The van der Waals surface area contributed by atoms with Crippen molar-refractivity contribution >= 4 is 28.4 Å². The predicted molar refractivity (Wildman–Crippen MR) is 84.1 cm³/mol. The molecule has 0 bridgehead atoms. The monoisotopic (exact) mass is 299 g/mol. The summed E-state index contributed by atoms with van der Waals surface area (Å²) in [6, 6.07) is 15.3. The number of hydrogen-bond acceptors (Lipinski definition) is 2. The van der Waals surface area contributed by atoms with Gasteiger partial charge in [-0.15, -0.1) is 0 Å². The molecule has 1 amide bonds. The first-order valence-corrected chi connectivity index (χ1v) is 6.90. The fourth-order valence-electron chi connectivity index (χ4n) is 2.37. The first-order valence-electron chi connectivity index (χ1n) is 6.52. The summed E-state index contributed by atoms with van der Waals surface area (Å²) in [6.45, 7) is 0.692. The Bertz CT molecular complexity index is 793. The molecule has 21 heavy (non-hydrogen) atoms. The molecule has 3 N–H and O–H groups in total. The second kappa shape index (κ2) is 5.60. The van der Waals surface area contributed by atoms with E-state index in [1.807, 2.05) is 42.6 Å². The van der Waals surface area contributed by atoms with Gasteiger partial charge in [0.05, 0.1) is 5.02 Å². The van der Waals surface area contributed by atoms with Crippen molar-refractivity contribution in [2.24, 2.45) is 5.84 Å². The molecule has 0 unspecified atom stereocenters. The van der Waals surface area contributed by atoms with Gasteiger partial charge in [0.25, 0.3) is 5.91 Å². The highest BCUT2D eigenvalue weighted by atomic mass is 35.5. The average Bonchev–Trinajstić information content (AvgIpc) is 2.84. The van der Waals surface area contributed by atoms with Crippen LogP contribution in [0.4, 0.5) is 0 Å². The molecule has 106 valence electrons. The van der Waals surface area contributed by atoms with E-state index in [0.29, 0.717) is 12.1 Å². The van der Waals surface area contributed by atoms with Crippen molar-refractivity contribution in [2.75, 3.05) is 0 Å². The Morgan fingerprint density at radius 1 is 1.14 bits per heavy atom. The van der Waals surface area contributed by atoms with Gasteiger partial charge in [-0.2, -0.15) is 0 Å². The SMILES string of the molecule is NNC(=O)c1ccc(Cn2cc(Cl)c3ccccc32)cc1. The summed E-state index contributed by atoms with van der Waals surface area (Å²) in [5, 5.41) is 1.78. The lowest BCUT2D eigenvalue weighted by Crippen LogP contribution is -2.29. The normalized spacial score (nSPS) is 10.8. The van der Waals surface area contributed by atoms with Gasteiger partial charge in [-0.3, -0.25) is 10.2 Å². The number of para-hydroxylation sites is 1. The van der Waals surface area contributed by atoms with Gasteiger partial charge < -0.3 is 4.57 Å². The minimum Gasteiger partial charge on any atom is -0.342 e. The van der Waals surface area contributed by atoms with Crippen LogP contribution in [0.15, 0.2) is 54.7 Å². The lowest BCUT2D eigenvalue weighted by molar-refractivity contribution is 0.0953. The zero-order valence-corrected chi connectivity index (χ0v) is 12.0. The van der Waals surface area contributed by atoms with Crippen LogP contribution >= 0.6 is 11.6 Å². The molecule has 0 radical (unpaired) electrons. The summed E-state index contributed by atoms with van der Waals surface area (Å²) >= 11 is 6.24. The first kappa shape index (κ1) is 13.7. The molecule has 3 rings (SSSR count). The van der Waals surface area contributed by atoms with E-state index >= 15 is 0 Å². The van der Waals surface area contributed by atoms with E-state index in [2.05, 4.69) is 9.99 Å². The highest BCUT2D eigenvalue weighted by Crippen LogP contribution is 2.26. The van der Waals surface area contributed by atoms with Crippen LogP contribution in [0, 0.1) is 0 Å². The van der Waals surface area contributed by atoms with Crippen LogP contribution in [0.1, 0.15) is 15.9 Å². The number of carbonyl (C=O) groups excluding carboxylic acids is 1. The maximum atomic E-state index is 11.4. The largest absolute Gasteiger partial charge is 0.342 e. The molecule has 0 spiro atoms. The zero-order valence-electron chi connectivity index (χ0n) is 11.2. The summed E-state index contributed by atoms with van der Waals surface area (Å²) in [7, 11) is 0. The van der Waals surface area contributed by atoms with Crippen LogP contribution in [0.2, 0.25) is 5.02 Å². The van der Waals surface area contributed by atoms with Gasteiger partial charge >= 0.3 is 0 Å². The molecule has 1 aromatic heterocycles. The third-order valence-corrected chi connectivity index (χ3v) is 3.74. The molecule has 3 aromatic rings. The molecule has 5 heteroatoms. The Hall–Kier alpha value is -2.30. The van der Waals surface area contributed by atoms with Gasteiger partial charge in [-0.25, -0.2) is 5.84 Å². The molecule has 0 saturated heterocycles. The number of aromatic nitrogens is 1. The minimum absolute atomic E-state index is 0.295. The summed E-state index contributed by atoms with van der Waals surface area (Å²) < 4.78 is 2.09. The lowest BCUT2D eigenvalue weighted by atomic mass is 10.1. The molecule has 0 atom stereocenters. The molecule has 0 aliphatic heterocycles. The van der Waals surface area contributed by atoms with Crippen molar-refractivity contribution in [2.45, 2.75) is 6.54 Å². The standard InChI is InChI=1S/C16H14ClN3O/c17-14-10-20(15-4-2-1-3-13(14)15)9-11-5-7-12(8-6-11)16(21)19-18/h1-8,10H,9,18H2,(H,19,21). The van der Waals surface area contributed by atoms with Crippen LogP contribution < -0.4 is 11.3 Å². The number of nitrogens with zero attached hydrogens (tertiary/aromatic N) is 1. The van der Waals surface area contributed by atoms with Crippen LogP contribution in [0.3, 0.4) is 0 Å². The molecule has 4 nitrogen and oxygen atoms in total. The third kappa shape index (κ3) is 2.63. The van der Waals surface area contributed by atoms with Crippen molar-refractivity contribution in [3.63, 3.8) is 0 Å². The molecule has 0 saturated carbocycles. The Morgan fingerprint density at radius 3 is 2.57 bits per heavy atom. The highest BCUT2D eigenvalue weighted by Gasteiger charge is 2.07. The number of nitrogens with two attached hydrogens (primary N) is 1. The van der Waals surface area contributed by atoms with Crippen molar-refractivity contribution in [3.8, 4) is 0 Å². The van der Waals surface area contributed by atoms with Crippen LogP contribution in [0.25, 0.3) is 10.9 Å². The van der Waals surface area contributed by atoms with Gasteiger partial charge in [-0.05, 0) is 23.8 Å². The number of nitrogens with one attached hydrogen (secondary N) is 1. The number of fused-ring (bicyclic) bond motifs is 1. The summed E-state index contributed by atoms with van der Waals surface area (Å²) in [4.78, 5) is 11.4. The smallest absolute Gasteiger partial charge is 0.265 e. The maximum Gasteiger partial charge on any atom is 0.265 e. The molecule has 0 aliphatic rings. The maximum absolute atomic E-state index is 11.4. The second-order valence-electron chi connectivity index (χ2n) is 4.79. The van der Waals surface area contributed by atoms with Crippen LogP contribution in [-0.2, 0) is 6.54 Å². The zero-order chi connectivity index (χ0) is 14.8. The van der Waals surface area contributed by atoms with E-state index in [-0.39, 0.29) is 5.91 Å². The van der Waals surface area contributed by atoms with E-state index < -0.39 is 0 Å². The number of hydrazine groups is 1. The fraction of sp³-hybridized carbons (Fsp3) is 0.0625. The Kier molecular flexibility index (Phi) is 3.64. The van der Waals surface area contributed by atoms with Gasteiger partial charge in [0.15, 0.2) is 0 Å². The lowest BCUT2D eigenvalue weighted by Gasteiger charge is -2.06. The highest BCUT2D eigenvalue weighted by molar-refractivity contribution is 6.35. The van der Waals surface area contributed by atoms with Gasteiger partial charge in [0, 0.05) is 29.2 Å². The minimum atomic E-state index is -0.295. The van der Waals surface area contributed by atoms with Crippen molar-refractivity contribution < 1.29 is 4.79 Å². The topological polar surface area (TPSA) is 60.0 Å². The van der Waals surface area contributed by atoms with E-state index in [4.69, 9.17) is 17.4 Å². The molecular weight excluding hydrogens is 286 g/mol. The average molecular weight is 300 g/mol. The number of hydrogen-bond donors (Lipinski definition) is 2. The van der Waals surface area contributed by atoms with Crippen molar-refractivity contribution in [1.82, 2.24) is 9.99 Å². The van der Waals surface area contributed by atoms with E-state index in [1.54, 1.807) is 12.1 Å². The van der Waals surface area contributed by atoms with Crippen LogP contribution in [-0.4, -0.2) is 10.5 Å². The van der Waals surface area contributed by atoms with Gasteiger partial charge in [-0.1, -0.05) is 41.9 Å². The molecule has 0 aliphatic carbocycles. The number of benzene rings is 2. The second-order valence-corrected chi connectivity index (χ2v) is 5.20. The quantitative estimate of drug-likeness (QED) is 0.444. The van der Waals surface area contributed by atoms with Gasteiger partial charge in [0.1, 0.15) is 0 Å². The molecular formula is C16H14ClN3O. The Labute approximate surface area is 127 Å². The molecule has 2 aromatic carbocycles. The number of amides is 1. The third-order valence-electron chi connectivity index (χ3n) is 3.44. The van der Waals surface area contributed by atoms with E-state index in [1.165, 1.54) is 0 Å². The van der Waals surface area contributed by atoms with E-state index in [0.717, 1.165) is 21.5 Å². The Morgan fingerprint density at radius 2 is 1.86 bits per heavy atom. The molecule has 1 heterocycles. The number of rotatable bonds is 3. The predicted octanol–water partition coefficient (Wildman–Crippen LogP) is 2.95. The summed E-state index contributed by atoms with van der Waals surface area (Å²) in [5.41, 5.74) is 4.83. The number of carbonyl (C=O) groups is 1. The number of nitrogen functional groups attached to an aromatic ring is 1. The van der Waals surface area contributed by atoms with Crippen molar-refractivity contribution in [1.29, 1.82) is 0 Å². The molecule has 0 fully saturated rings. The first-order chi connectivity index (χ1) is 10.2. The van der Waals surface area contributed by atoms with E-state index in [9.17, 15) is 4.79 Å². The van der Waals surface area contributed by atoms with Crippen molar-refractivity contribution in [3.05, 3.63) is 70.9 Å². The summed E-state index contributed by atoms with van der Waals surface area (Å²) in [5.74, 6) is 4.82. The van der Waals surface area contributed by atoms with Crippen LogP contribution in [0.5, 0.6) is 0 Å². The summed E-state index contributed by atoms with van der Waals surface area (Å²) in [6.07, 6.45) is 1.92. The fourth-order valence-corrected chi connectivity index (χ4v) is 2.65. The Balaban J connectivity index is 1.90. The van der Waals surface area contributed by atoms with Gasteiger partial charge in [0.2, 0.25) is 0 Å².